The fourth-order valence-corrected chi connectivity index (χ4v) is 2.86. The van der Waals surface area contributed by atoms with Crippen molar-refractivity contribution >= 4 is 39.3 Å². The molecule has 0 aliphatic carbocycles. The molecule has 0 spiro atoms. The molecule has 0 fully saturated rings. The first-order chi connectivity index (χ1) is 13.9. The van der Waals surface area contributed by atoms with Crippen LogP contribution in [0.5, 0.6) is 5.75 Å². The van der Waals surface area contributed by atoms with E-state index in [1.54, 1.807) is 62.6 Å². The van der Waals surface area contributed by atoms with Gasteiger partial charge in [0, 0.05) is 41.3 Å². The standard InChI is InChI=1S/C21H24BrN3O4/c1-3-25(14-19(26)24-17-5-4-6-18(13-17)29-2)20(27)11-12-23-21(28)15-7-9-16(22)10-8-15/h4-10,13H,3,11-12,14H2,1-2H3,(H,23,28)(H,24,26). The Kier molecular flexibility index (Phi) is 8.67. The van der Waals surface area contributed by atoms with Crippen LogP contribution in [0.15, 0.2) is 53.0 Å². The third-order valence-corrected chi connectivity index (χ3v) is 4.68. The first-order valence-electron chi connectivity index (χ1n) is 9.18. The number of ether oxygens (including phenoxy) is 1. The number of halogens is 1. The Labute approximate surface area is 178 Å². The molecule has 0 atom stereocenters. The molecular weight excluding hydrogens is 438 g/mol. The summed E-state index contributed by atoms with van der Waals surface area (Å²) in [6.07, 6.45) is 0.114. The van der Waals surface area contributed by atoms with E-state index in [2.05, 4.69) is 26.6 Å². The molecular formula is C21H24BrN3O4. The lowest BCUT2D eigenvalue weighted by Crippen LogP contribution is -2.39. The maximum Gasteiger partial charge on any atom is 0.251 e. The van der Waals surface area contributed by atoms with Gasteiger partial charge in [-0.05, 0) is 43.3 Å². The molecule has 2 aromatic rings. The minimum absolute atomic E-state index is 0.0623. The van der Waals surface area contributed by atoms with Crippen molar-refractivity contribution in [2.45, 2.75) is 13.3 Å². The van der Waals surface area contributed by atoms with Crippen LogP contribution in [0.25, 0.3) is 0 Å². The molecule has 0 aliphatic heterocycles. The summed E-state index contributed by atoms with van der Waals surface area (Å²) in [7, 11) is 1.55. The summed E-state index contributed by atoms with van der Waals surface area (Å²) in [4.78, 5) is 38.2. The average Bonchev–Trinajstić information content (AvgIpc) is 2.72. The first-order valence-corrected chi connectivity index (χ1v) is 9.97. The number of anilines is 1. The van der Waals surface area contributed by atoms with Crippen LogP contribution in [0, 0.1) is 0 Å². The molecule has 29 heavy (non-hydrogen) atoms. The zero-order valence-electron chi connectivity index (χ0n) is 16.4. The number of hydrogen-bond acceptors (Lipinski definition) is 4. The van der Waals surface area contributed by atoms with Crippen molar-refractivity contribution in [3.63, 3.8) is 0 Å². The summed E-state index contributed by atoms with van der Waals surface area (Å²) in [5.74, 6) is -0.117. The Bertz CT molecular complexity index is 855. The van der Waals surface area contributed by atoms with Gasteiger partial charge in [0.05, 0.1) is 13.7 Å². The fourth-order valence-electron chi connectivity index (χ4n) is 2.60. The molecule has 8 heteroatoms. The molecule has 0 saturated carbocycles. The molecule has 2 aromatic carbocycles. The van der Waals surface area contributed by atoms with E-state index in [1.807, 2.05) is 0 Å². The highest BCUT2D eigenvalue weighted by Crippen LogP contribution is 2.16. The van der Waals surface area contributed by atoms with Crippen LogP contribution in [0.2, 0.25) is 0 Å². The normalized spacial score (nSPS) is 10.2. The molecule has 3 amide bonds. The number of benzene rings is 2. The van der Waals surface area contributed by atoms with E-state index in [-0.39, 0.29) is 37.2 Å². The molecule has 0 bridgehead atoms. The second-order valence-electron chi connectivity index (χ2n) is 6.20. The number of nitrogens with one attached hydrogen (secondary N) is 2. The largest absolute Gasteiger partial charge is 0.497 e. The molecule has 0 radical (unpaired) electrons. The second-order valence-corrected chi connectivity index (χ2v) is 7.12. The van der Waals surface area contributed by atoms with E-state index in [9.17, 15) is 14.4 Å². The van der Waals surface area contributed by atoms with Gasteiger partial charge in [-0.15, -0.1) is 0 Å². The van der Waals surface area contributed by atoms with Crippen molar-refractivity contribution in [2.24, 2.45) is 0 Å². The van der Waals surface area contributed by atoms with Crippen LogP contribution in [-0.2, 0) is 9.59 Å². The smallest absolute Gasteiger partial charge is 0.251 e. The van der Waals surface area contributed by atoms with Crippen LogP contribution < -0.4 is 15.4 Å². The summed E-state index contributed by atoms with van der Waals surface area (Å²) in [6, 6.07) is 13.9. The van der Waals surface area contributed by atoms with Gasteiger partial charge in [0.25, 0.3) is 5.91 Å². The lowest BCUT2D eigenvalue weighted by atomic mass is 10.2. The highest BCUT2D eigenvalue weighted by molar-refractivity contribution is 9.10. The molecule has 2 rings (SSSR count). The summed E-state index contributed by atoms with van der Waals surface area (Å²) >= 11 is 3.32. The van der Waals surface area contributed by atoms with Crippen molar-refractivity contribution in [3.05, 3.63) is 58.6 Å². The van der Waals surface area contributed by atoms with Crippen molar-refractivity contribution in [2.75, 3.05) is 32.1 Å². The SMILES string of the molecule is CCN(CC(=O)Nc1cccc(OC)c1)C(=O)CCNC(=O)c1ccc(Br)cc1. The zero-order valence-corrected chi connectivity index (χ0v) is 18.0. The minimum Gasteiger partial charge on any atom is -0.497 e. The molecule has 0 unspecified atom stereocenters. The summed E-state index contributed by atoms with van der Waals surface area (Å²) < 4.78 is 6.01. The van der Waals surface area contributed by atoms with Crippen molar-refractivity contribution < 1.29 is 19.1 Å². The molecule has 7 nitrogen and oxygen atoms in total. The third kappa shape index (κ3) is 7.23. The number of methoxy groups -OCH3 is 1. The minimum atomic E-state index is -0.299. The number of nitrogens with zero attached hydrogens (tertiary/aromatic N) is 1. The Morgan fingerprint density at radius 2 is 1.83 bits per heavy atom. The lowest BCUT2D eigenvalue weighted by Gasteiger charge is -2.20. The molecule has 0 aromatic heterocycles. The quantitative estimate of drug-likeness (QED) is 0.600. The third-order valence-electron chi connectivity index (χ3n) is 4.15. The molecule has 0 saturated heterocycles. The van der Waals surface area contributed by atoms with Crippen LogP contribution in [0.1, 0.15) is 23.7 Å². The fraction of sp³-hybridized carbons (Fsp3) is 0.286. The maximum absolute atomic E-state index is 12.4. The lowest BCUT2D eigenvalue weighted by molar-refractivity contribution is -0.134. The number of likely N-dealkylation sites (N-methyl/N-ethyl adjacent to an activating group) is 1. The van der Waals surface area contributed by atoms with E-state index in [1.165, 1.54) is 4.90 Å². The Balaban J connectivity index is 1.80. The van der Waals surface area contributed by atoms with Crippen molar-refractivity contribution in [3.8, 4) is 5.75 Å². The van der Waals surface area contributed by atoms with E-state index in [4.69, 9.17) is 4.74 Å². The van der Waals surface area contributed by atoms with Crippen LogP contribution >= 0.6 is 15.9 Å². The number of rotatable bonds is 9. The van der Waals surface area contributed by atoms with Gasteiger partial charge in [-0.25, -0.2) is 0 Å². The Hall–Kier alpha value is -2.87. The van der Waals surface area contributed by atoms with Gasteiger partial charge >= 0.3 is 0 Å². The van der Waals surface area contributed by atoms with E-state index < -0.39 is 0 Å². The van der Waals surface area contributed by atoms with Crippen LogP contribution in [0.3, 0.4) is 0 Å². The second kappa shape index (κ2) is 11.2. The maximum atomic E-state index is 12.4. The number of carbonyl (C=O) groups excluding carboxylic acids is 3. The number of hydrogen-bond donors (Lipinski definition) is 2. The summed E-state index contributed by atoms with van der Waals surface area (Å²) in [5, 5.41) is 5.47. The summed E-state index contributed by atoms with van der Waals surface area (Å²) in [5.41, 5.74) is 1.12. The zero-order chi connectivity index (χ0) is 21.2. The molecule has 154 valence electrons. The highest BCUT2D eigenvalue weighted by Gasteiger charge is 2.16. The highest BCUT2D eigenvalue weighted by atomic mass is 79.9. The molecule has 2 N–H and O–H groups in total. The topological polar surface area (TPSA) is 87.7 Å². The van der Waals surface area contributed by atoms with Gasteiger partial charge in [0.2, 0.25) is 11.8 Å². The summed E-state index contributed by atoms with van der Waals surface area (Å²) in [6.45, 7) is 2.33. The predicted octanol–water partition coefficient (Wildman–Crippen LogP) is 3.06. The van der Waals surface area contributed by atoms with Gasteiger partial charge < -0.3 is 20.3 Å². The van der Waals surface area contributed by atoms with Gasteiger partial charge in [-0.1, -0.05) is 22.0 Å². The Morgan fingerprint density at radius 1 is 1.10 bits per heavy atom. The number of carbonyl (C=O) groups is 3. The van der Waals surface area contributed by atoms with Crippen molar-refractivity contribution in [1.29, 1.82) is 0 Å². The molecule has 0 aliphatic rings. The van der Waals surface area contributed by atoms with Crippen LogP contribution in [0.4, 0.5) is 5.69 Å². The van der Waals surface area contributed by atoms with E-state index >= 15 is 0 Å². The first kappa shape index (κ1) is 22.4. The van der Waals surface area contributed by atoms with Gasteiger partial charge in [-0.2, -0.15) is 0 Å². The number of amides is 3. The van der Waals surface area contributed by atoms with Gasteiger partial charge in [0.1, 0.15) is 5.75 Å². The Morgan fingerprint density at radius 3 is 2.48 bits per heavy atom. The average molecular weight is 462 g/mol. The van der Waals surface area contributed by atoms with Crippen molar-refractivity contribution in [1.82, 2.24) is 10.2 Å². The van der Waals surface area contributed by atoms with E-state index in [0.717, 1.165) is 4.47 Å². The van der Waals surface area contributed by atoms with Gasteiger partial charge in [-0.3, -0.25) is 14.4 Å². The monoisotopic (exact) mass is 461 g/mol. The molecule has 0 heterocycles. The van der Waals surface area contributed by atoms with Crippen LogP contribution in [-0.4, -0.2) is 49.4 Å². The van der Waals surface area contributed by atoms with E-state index in [0.29, 0.717) is 23.5 Å². The predicted molar refractivity (Wildman–Crippen MR) is 115 cm³/mol. The van der Waals surface area contributed by atoms with Gasteiger partial charge in [0.15, 0.2) is 0 Å².